The van der Waals surface area contributed by atoms with Gasteiger partial charge in [0.15, 0.2) is 0 Å². The molecule has 0 N–H and O–H groups in total. The number of carbonyl (C=O) groups is 2. The number of benzene rings is 2. The van der Waals surface area contributed by atoms with Crippen molar-refractivity contribution < 1.29 is 14.3 Å². The summed E-state index contributed by atoms with van der Waals surface area (Å²) in [6.07, 6.45) is 11.9. The van der Waals surface area contributed by atoms with E-state index >= 15 is 0 Å². The molecule has 280 valence electrons. The minimum atomic E-state index is -0.505. The lowest BCUT2D eigenvalue weighted by Gasteiger charge is -2.45. The molecule has 13 heteroatoms. The number of piperazine rings is 1. The van der Waals surface area contributed by atoms with Crippen LogP contribution in [-0.2, 0) is 4.79 Å². The van der Waals surface area contributed by atoms with E-state index in [1.807, 2.05) is 38.2 Å². The van der Waals surface area contributed by atoms with Gasteiger partial charge in [-0.1, -0.05) is 73.1 Å². The van der Waals surface area contributed by atoms with Crippen LogP contribution in [0.1, 0.15) is 43.5 Å². The molecule has 0 radical (unpaired) electrons. The topological polar surface area (TPSA) is 99.9 Å². The van der Waals surface area contributed by atoms with Crippen LogP contribution in [0.15, 0.2) is 85.2 Å². The molecule has 2 fully saturated rings. The first-order valence-corrected chi connectivity index (χ1v) is 18.5. The normalized spacial score (nSPS) is 17.3. The predicted molar refractivity (Wildman–Crippen MR) is 208 cm³/mol. The van der Waals surface area contributed by atoms with Gasteiger partial charge in [0, 0.05) is 39.8 Å². The third-order valence-corrected chi connectivity index (χ3v) is 10.7. The first-order chi connectivity index (χ1) is 25.0. The molecule has 2 amide bonds. The van der Waals surface area contributed by atoms with Crippen LogP contribution in [0.4, 0.5) is 0 Å². The van der Waals surface area contributed by atoms with Crippen molar-refractivity contribution in [1.29, 1.82) is 0 Å². The van der Waals surface area contributed by atoms with Crippen LogP contribution >= 0.6 is 23.2 Å². The van der Waals surface area contributed by atoms with Crippen molar-refractivity contribution >= 4 is 35.0 Å². The second-order valence-corrected chi connectivity index (χ2v) is 14.3. The zero-order chi connectivity index (χ0) is 37.7. The number of methoxy groups -OCH3 is 1. The van der Waals surface area contributed by atoms with E-state index in [0.29, 0.717) is 33.6 Å². The molecule has 1 atom stereocenters. The van der Waals surface area contributed by atoms with Crippen LogP contribution in [0.3, 0.4) is 0 Å². The Kier molecular flexibility index (Phi) is 15.4. The van der Waals surface area contributed by atoms with Crippen molar-refractivity contribution in [3.63, 3.8) is 0 Å². The van der Waals surface area contributed by atoms with Gasteiger partial charge < -0.3 is 24.3 Å². The van der Waals surface area contributed by atoms with Crippen molar-refractivity contribution in [1.82, 2.24) is 39.8 Å². The fraction of sp³-hybridized carbons (Fsp3) is 0.462. The highest BCUT2D eigenvalue weighted by Crippen LogP contribution is 2.42. The second-order valence-electron chi connectivity index (χ2n) is 13.5. The zero-order valence-corrected chi connectivity index (χ0v) is 32.6. The van der Waals surface area contributed by atoms with Gasteiger partial charge in [-0.2, -0.15) is 0 Å². The van der Waals surface area contributed by atoms with Crippen LogP contribution in [0.25, 0.3) is 5.69 Å². The number of likely N-dealkylation sites (tertiary alicyclic amines) is 1. The fourth-order valence-electron chi connectivity index (χ4n) is 6.78. The minimum Gasteiger partial charge on any atom is -0.496 e. The summed E-state index contributed by atoms with van der Waals surface area (Å²) in [7, 11) is 5.50. The Hall–Kier alpha value is -4.03. The van der Waals surface area contributed by atoms with E-state index in [0.717, 1.165) is 70.6 Å². The average molecular weight is 752 g/mol. The highest BCUT2D eigenvalue weighted by molar-refractivity contribution is 6.41. The van der Waals surface area contributed by atoms with Gasteiger partial charge in [-0.15, -0.1) is 5.10 Å². The first-order valence-electron chi connectivity index (χ1n) is 17.8. The number of halogens is 2. The van der Waals surface area contributed by atoms with Gasteiger partial charge in [0.05, 0.1) is 33.8 Å². The molecule has 0 bridgehead atoms. The molecule has 3 heterocycles. The summed E-state index contributed by atoms with van der Waals surface area (Å²) < 4.78 is 7.00. The molecule has 11 nitrogen and oxygen atoms in total. The van der Waals surface area contributed by atoms with E-state index < -0.39 is 5.41 Å². The summed E-state index contributed by atoms with van der Waals surface area (Å²) in [5.41, 5.74) is 1.75. The van der Waals surface area contributed by atoms with Crippen LogP contribution < -0.4 is 4.74 Å². The van der Waals surface area contributed by atoms with Gasteiger partial charge in [0.25, 0.3) is 5.91 Å². The zero-order valence-electron chi connectivity index (χ0n) is 31.0. The van der Waals surface area contributed by atoms with Crippen molar-refractivity contribution in [3.05, 3.63) is 101 Å². The number of aromatic nitrogens is 4. The lowest BCUT2D eigenvalue weighted by atomic mass is 9.70. The maximum absolute atomic E-state index is 14.1. The monoisotopic (exact) mass is 750 g/mol. The number of allylic oxidation sites excluding steroid dienone is 4. The maximum Gasteiger partial charge on any atom is 0.257 e. The van der Waals surface area contributed by atoms with Crippen LogP contribution in [0.5, 0.6) is 5.75 Å². The van der Waals surface area contributed by atoms with Gasteiger partial charge in [-0.05, 0) is 105 Å². The molecular weight excluding hydrogens is 699 g/mol. The Morgan fingerprint density at radius 1 is 1.06 bits per heavy atom. The number of rotatable bonds is 12. The summed E-state index contributed by atoms with van der Waals surface area (Å²) in [6, 6.07) is 12.5. The minimum absolute atomic E-state index is 0.111. The Balaban J connectivity index is 0.000000666. The van der Waals surface area contributed by atoms with E-state index in [1.54, 1.807) is 42.4 Å². The van der Waals surface area contributed by atoms with Gasteiger partial charge in [0.1, 0.15) is 12.1 Å². The van der Waals surface area contributed by atoms with E-state index in [4.69, 9.17) is 27.9 Å². The second kappa shape index (κ2) is 19.7. The molecule has 52 heavy (non-hydrogen) atoms. The van der Waals surface area contributed by atoms with E-state index in [-0.39, 0.29) is 17.7 Å². The number of tetrazole rings is 1. The maximum atomic E-state index is 14.1. The molecule has 2 aliphatic heterocycles. The van der Waals surface area contributed by atoms with Crippen molar-refractivity contribution in [2.24, 2.45) is 11.3 Å². The molecule has 5 rings (SSSR count). The average Bonchev–Trinajstić information content (AvgIpc) is 3.71. The molecule has 1 aromatic heterocycles. The molecule has 0 aliphatic carbocycles. The summed E-state index contributed by atoms with van der Waals surface area (Å²) in [6.45, 7) is 14.7. The standard InChI is InChI=1S/C33H48N8O3.C6H4Cl2/c1-7-9-10-27(8-2)33(32(43)40-21-19-37(4)20-22-40)14-17-39(18-15-33)16-13-26(3)24-38(5)31(42)29-23-28(11-12-30(29)44-6)41-25-34-35-36-41;7-5-3-1-2-4-6(5)8/h7-12,23,25-26H,1,13-22,24H2,2-6H3;1-4H/b10-9-,27-8+;. The highest BCUT2D eigenvalue weighted by atomic mass is 35.5. The van der Waals surface area contributed by atoms with Crippen LogP contribution in [-0.4, -0.2) is 125 Å². The van der Waals surface area contributed by atoms with Gasteiger partial charge >= 0.3 is 0 Å². The third-order valence-electron chi connectivity index (χ3n) is 9.91. The van der Waals surface area contributed by atoms with E-state index in [1.165, 1.54) is 11.0 Å². The summed E-state index contributed by atoms with van der Waals surface area (Å²) in [4.78, 5) is 36.1. The fourth-order valence-corrected chi connectivity index (χ4v) is 7.05. The van der Waals surface area contributed by atoms with Gasteiger partial charge in [0.2, 0.25) is 5.91 Å². The number of ether oxygens (including phenoxy) is 1. The summed E-state index contributed by atoms with van der Waals surface area (Å²) in [5.74, 6) is 0.955. The first kappa shape index (κ1) is 40.7. The molecule has 2 saturated heterocycles. The number of hydrogen-bond acceptors (Lipinski definition) is 8. The molecule has 1 unspecified atom stereocenters. The molecule has 2 aliphatic rings. The number of piperidine rings is 1. The van der Waals surface area contributed by atoms with Crippen LogP contribution in [0.2, 0.25) is 10.0 Å². The number of likely N-dealkylation sites (N-methyl/N-ethyl adjacent to an activating group) is 1. The molecular formula is C39H52Cl2N8O3. The summed E-state index contributed by atoms with van der Waals surface area (Å²) in [5, 5.41) is 12.5. The molecule has 3 aromatic rings. The lowest BCUT2D eigenvalue weighted by Crippen LogP contribution is -2.55. The Bertz CT molecular complexity index is 1660. The molecule has 0 saturated carbocycles. The van der Waals surface area contributed by atoms with Crippen molar-refractivity contribution in [2.45, 2.75) is 33.1 Å². The van der Waals surface area contributed by atoms with E-state index in [9.17, 15) is 9.59 Å². The third kappa shape index (κ3) is 10.5. The summed E-state index contributed by atoms with van der Waals surface area (Å²) >= 11 is 11.2. The van der Waals surface area contributed by atoms with Gasteiger partial charge in [-0.3, -0.25) is 9.59 Å². The van der Waals surface area contributed by atoms with Crippen LogP contribution in [0, 0.1) is 11.3 Å². The molecule has 2 aromatic carbocycles. The SMILES string of the molecule is C=C/C=C\C(=C/C)C1(C(=O)N2CCN(C)CC2)CCN(CCC(C)CN(C)C(=O)c2cc(-n3cnnn3)ccc2OC)CC1.Clc1ccccc1Cl. The lowest BCUT2D eigenvalue weighted by molar-refractivity contribution is -0.144. The number of hydrogen-bond donors (Lipinski definition) is 0. The van der Waals surface area contributed by atoms with Gasteiger partial charge in [-0.25, -0.2) is 4.68 Å². The molecule has 0 spiro atoms. The van der Waals surface area contributed by atoms with Crippen molar-refractivity contribution in [2.75, 3.05) is 73.6 Å². The Morgan fingerprint density at radius 2 is 1.73 bits per heavy atom. The quantitative estimate of drug-likeness (QED) is 0.199. The number of amides is 2. The smallest absolute Gasteiger partial charge is 0.257 e. The largest absolute Gasteiger partial charge is 0.496 e. The number of carbonyl (C=O) groups excluding carboxylic acids is 2. The Labute approximate surface area is 318 Å². The predicted octanol–water partition coefficient (Wildman–Crippen LogP) is 6.31. The highest BCUT2D eigenvalue weighted by Gasteiger charge is 2.45. The number of nitrogens with zero attached hydrogens (tertiary/aromatic N) is 8. The van der Waals surface area contributed by atoms with E-state index in [2.05, 4.69) is 62.9 Å². The van der Waals surface area contributed by atoms with Crippen molar-refractivity contribution in [3.8, 4) is 11.4 Å². The Morgan fingerprint density at radius 3 is 2.29 bits per heavy atom.